The van der Waals surface area contributed by atoms with Crippen molar-refractivity contribution in [1.29, 1.82) is 0 Å². The SMILES string of the molecule is CN(C(=O)c1cccc(Cl)n1)C1CCc2ccccc21. The molecule has 102 valence electrons. The van der Waals surface area contributed by atoms with Crippen molar-refractivity contribution >= 4 is 17.5 Å². The molecule has 1 atom stereocenters. The van der Waals surface area contributed by atoms with Crippen LogP contribution in [0, 0.1) is 0 Å². The second-order valence-corrected chi connectivity index (χ2v) is 5.40. The smallest absolute Gasteiger partial charge is 0.272 e. The molecule has 0 saturated heterocycles. The Balaban J connectivity index is 1.87. The highest BCUT2D eigenvalue weighted by molar-refractivity contribution is 6.29. The van der Waals surface area contributed by atoms with Gasteiger partial charge in [-0.05, 0) is 36.1 Å². The van der Waals surface area contributed by atoms with Crippen molar-refractivity contribution in [3.63, 3.8) is 0 Å². The Bertz CT molecular complexity index is 656. The molecule has 1 aliphatic rings. The van der Waals surface area contributed by atoms with Crippen LogP contribution in [0.5, 0.6) is 0 Å². The van der Waals surface area contributed by atoms with E-state index < -0.39 is 0 Å². The maximum Gasteiger partial charge on any atom is 0.272 e. The highest BCUT2D eigenvalue weighted by Crippen LogP contribution is 2.35. The molecule has 1 aliphatic carbocycles. The number of nitrogens with zero attached hydrogens (tertiary/aromatic N) is 2. The Morgan fingerprint density at radius 3 is 2.85 bits per heavy atom. The number of benzene rings is 1. The molecule has 0 bridgehead atoms. The molecule has 0 radical (unpaired) electrons. The Kier molecular flexibility index (Phi) is 3.45. The summed E-state index contributed by atoms with van der Waals surface area (Å²) < 4.78 is 0. The van der Waals surface area contributed by atoms with Crippen molar-refractivity contribution in [3.05, 3.63) is 64.4 Å². The van der Waals surface area contributed by atoms with Gasteiger partial charge in [-0.3, -0.25) is 4.79 Å². The maximum atomic E-state index is 12.5. The van der Waals surface area contributed by atoms with Gasteiger partial charge >= 0.3 is 0 Å². The third kappa shape index (κ3) is 2.29. The van der Waals surface area contributed by atoms with Gasteiger partial charge in [0.15, 0.2) is 0 Å². The standard InChI is InChI=1S/C16H15ClN2O/c1-19(16(20)13-7-4-8-15(17)18-13)14-10-9-11-5-2-3-6-12(11)14/h2-8,14H,9-10H2,1H3. The first-order valence-corrected chi connectivity index (χ1v) is 7.02. The first-order valence-electron chi connectivity index (χ1n) is 6.64. The number of amides is 1. The van der Waals surface area contributed by atoms with Crippen molar-refractivity contribution in [2.24, 2.45) is 0 Å². The summed E-state index contributed by atoms with van der Waals surface area (Å²) >= 11 is 5.85. The zero-order chi connectivity index (χ0) is 14.1. The lowest BCUT2D eigenvalue weighted by molar-refractivity contribution is 0.0724. The highest BCUT2D eigenvalue weighted by atomic mass is 35.5. The molecule has 1 aromatic heterocycles. The van der Waals surface area contributed by atoms with E-state index in [9.17, 15) is 4.79 Å². The first kappa shape index (κ1) is 13.1. The monoisotopic (exact) mass is 286 g/mol. The minimum atomic E-state index is -0.0887. The van der Waals surface area contributed by atoms with Gasteiger partial charge in [0.2, 0.25) is 0 Å². The van der Waals surface area contributed by atoms with Gasteiger partial charge in [0.1, 0.15) is 10.8 Å². The first-order chi connectivity index (χ1) is 9.66. The van der Waals surface area contributed by atoms with Gasteiger partial charge in [0, 0.05) is 7.05 Å². The van der Waals surface area contributed by atoms with Crippen molar-refractivity contribution in [2.75, 3.05) is 7.05 Å². The van der Waals surface area contributed by atoms with Crippen LogP contribution in [-0.4, -0.2) is 22.8 Å². The normalized spacial score (nSPS) is 16.8. The number of fused-ring (bicyclic) bond motifs is 1. The number of hydrogen-bond acceptors (Lipinski definition) is 2. The summed E-state index contributed by atoms with van der Waals surface area (Å²) in [6.07, 6.45) is 1.98. The van der Waals surface area contributed by atoms with Gasteiger partial charge in [-0.2, -0.15) is 0 Å². The fourth-order valence-electron chi connectivity index (χ4n) is 2.79. The number of aromatic nitrogens is 1. The van der Waals surface area contributed by atoms with Crippen molar-refractivity contribution < 1.29 is 4.79 Å². The molecule has 1 aromatic carbocycles. The molecule has 0 N–H and O–H groups in total. The molecule has 20 heavy (non-hydrogen) atoms. The molecule has 0 aliphatic heterocycles. The van der Waals surface area contributed by atoms with Crippen LogP contribution in [0.4, 0.5) is 0 Å². The summed E-state index contributed by atoms with van der Waals surface area (Å²) in [5.41, 5.74) is 2.96. The summed E-state index contributed by atoms with van der Waals surface area (Å²) in [5.74, 6) is -0.0887. The third-order valence-electron chi connectivity index (χ3n) is 3.82. The summed E-state index contributed by atoms with van der Waals surface area (Å²) in [7, 11) is 1.83. The fraction of sp³-hybridized carbons (Fsp3) is 0.250. The highest BCUT2D eigenvalue weighted by Gasteiger charge is 2.29. The molecule has 0 fully saturated rings. The summed E-state index contributed by atoms with van der Waals surface area (Å²) in [5, 5.41) is 0.344. The molecule has 2 aromatic rings. The lowest BCUT2D eigenvalue weighted by Crippen LogP contribution is -2.30. The number of carbonyl (C=O) groups excluding carboxylic acids is 1. The number of aryl methyl sites for hydroxylation is 1. The average molecular weight is 287 g/mol. The van der Waals surface area contributed by atoms with E-state index in [1.54, 1.807) is 23.1 Å². The van der Waals surface area contributed by atoms with Gasteiger partial charge in [0.25, 0.3) is 5.91 Å². The summed E-state index contributed by atoms with van der Waals surface area (Å²) in [6.45, 7) is 0. The molecule has 1 amide bonds. The van der Waals surface area contributed by atoms with Crippen LogP contribution in [0.1, 0.15) is 34.1 Å². The number of pyridine rings is 1. The van der Waals surface area contributed by atoms with Crippen LogP contribution < -0.4 is 0 Å². The lowest BCUT2D eigenvalue weighted by atomic mass is 10.1. The molecular formula is C16H15ClN2O. The van der Waals surface area contributed by atoms with Crippen LogP contribution in [0.25, 0.3) is 0 Å². The molecule has 1 heterocycles. The van der Waals surface area contributed by atoms with Gasteiger partial charge in [-0.25, -0.2) is 4.98 Å². The van der Waals surface area contributed by atoms with E-state index in [1.165, 1.54) is 11.1 Å². The van der Waals surface area contributed by atoms with E-state index in [0.717, 1.165) is 12.8 Å². The average Bonchev–Trinajstić information content (AvgIpc) is 2.89. The van der Waals surface area contributed by atoms with Gasteiger partial charge in [0.05, 0.1) is 6.04 Å². The topological polar surface area (TPSA) is 33.2 Å². The van der Waals surface area contributed by atoms with Gasteiger partial charge in [-0.15, -0.1) is 0 Å². The van der Waals surface area contributed by atoms with Crippen LogP contribution in [0.15, 0.2) is 42.5 Å². The second kappa shape index (κ2) is 5.25. The Morgan fingerprint density at radius 1 is 1.25 bits per heavy atom. The Hall–Kier alpha value is -1.87. The molecule has 4 heteroatoms. The minimum Gasteiger partial charge on any atom is -0.333 e. The number of carbonyl (C=O) groups is 1. The van der Waals surface area contributed by atoms with Crippen molar-refractivity contribution in [1.82, 2.24) is 9.88 Å². The van der Waals surface area contributed by atoms with E-state index in [-0.39, 0.29) is 11.9 Å². The largest absolute Gasteiger partial charge is 0.333 e. The maximum absolute atomic E-state index is 12.5. The van der Waals surface area contributed by atoms with Crippen molar-refractivity contribution in [3.8, 4) is 0 Å². The van der Waals surface area contributed by atoms with Crippen LogP contribution in [0.3, 0.4) is 0 Å². The van der Waals surface area contributed by atoms with Crippen molar-refractivity contribution in [2.45, 2.75) is 18.9 Å². The van der Waals surface area contributed by atoms with E-state index in [2.05, 4.69) is 17.1 Å². The van der Waals surface area contributed by atoms with E-state index in [4.69, 9.17) is 11.6 Å². The van der Waals surface area contributed by atoms with E-state index in [0.29, 0.717) is 10.8 Å². The third-order valence-corrected chi connectivity index (χ3v) is 4.03. The minimum absolute atomic E-state index is 0.0887. The van der Waals surface area contributed by atoms with Crippen LogP contribution >= 0.6 is 11.6 Å². The fourth-order valence-corrected chi connectivity index (χ4v) is 2.95. The van der Waals surface area contributed by atoms with Gasteiger partial charge < -0.3 is 4.90 Å². The van der Waals surface area contributed by atoms with Crippen LogP contribution in [-0.2, 0) is 6.42 Å². The second-order valence-electron chi connectivity index (χ2n) is 5.01. The van der Waals surface area contributed by atoms with Gasteiger partial charge in [-0.1, -0.05) is 41.9 Å². The Labute approximate surface area is 123 Å². The summed E-state index contributed by atoms with van der Waals surface area (Å²) in [4.78, 5) is 18.4. The van der Waals surface area contributed by atoms with Crippen LogP contribution in [0.2, 0.25) is 5.15 Å². The van der Waals surface area contributed by atoms with E-state index >= 15 is 0 Å². The predicted molar refractivity (Wildman–Crippen MR) is 78.8 cm³/mol. The molecule has 0 spiro atoms. The predicted octanol–water partition coefficient (Wildman–Crippen LogP) is 3.49. The summed E-state index contributed by atoms with van der Waals surface area (Å²) in [6, 6.07) is 13.5. The zero-order valence-corrected chi connectivity index (χ0v) is 12.0. The number of rotatable bonds is 2. The van der Waals surface area contributed by atoms with E-state index in [1.807, 2.05) is 19.2 Å². The molecular weight excluding hydrogens is 272 g/mol. The molecule has 3 nitrogen and oxygen atoms in total. The lowest BCUT2D eigenvalue weighted by Gasteiger charge is -2.25. The Morgan fingerprint density at radius 2 is 2.05 bits per heavy atom. The molecule has 3 rings (SSSR count). The quantitative estimate of drug-likeness (QED) is 0.792. The number of hydrogen-bond donors (Lipinski definition) is 0. The molecule has 1 unspecified atom stereocenters. The zero-order valence-electron chi connectivity index (χ0n) is 11.2. The molecule has 0 saturated carbocycles. The number of halogens is 1.